The Hall–Kier alpha value is -2.01. The van der Waals surface area contributed by atoms with E-state index in [0.717, 1.165) is 4.47 Å². The van der Waals surface area contributed by atoms with Crippen LogP contribution in [0, 0.1) is 0 Å². The van der Waals surface area contributed by atoms with E-state index in [0.29, 0.717) is 17.2 Å². The zero-order chi connectivity index (χ0) is 12.5. The first-order chi connectivity index (χ1) is 8.72. The van der Waals surface area contributed by atoms with Crippen LogP contribution in [0.5, 0.6) is 5.75 Å². The number of nitrogens with one attached hydrogen (secondary N) is 1. The van der Waals surface area contributed by atoms with E-state index < -0.39 is 0 Å². The summed E-state index contributed by atoms with van der Waals surface area (Å²) in [6, 6.07) is 9.01. The third-order valence-electron chi connectivity index (χ3n) is 2.44. The number of carbonyl (C=O) groups excluding carboxylic acids is 1. The van der Waals surface area contributed by atoms with E-state index in [1.165, 1.54) is 0 Å². The van der Waals surface area contributed by atoms with Gasteiger partial charge in [-0.2, -0.15) is 0 Å². The van der Waals surface area contributed by atoms with Gasteiger partial charge in [-0.25, -0.2) is 0 Å². The molecule has 4 nitrogen and oxygen atoms in total. The van der Waals surface area contributed by atoms with Gasteiger partial charge in [-0.1, -0.05) is 12.1 Å². The number of hydrogen-bond donors (Lipinski definition) is 1. The molecule has 0 saturated heterocycles. The van der Waals surface area contributed by atoms with Gasteiger partial charge in [0.25, 0.3) is 5.91 Å². The Morgan fingerprint density at radius 2 is 2.11 bits per heavy atom. The fraction of sp³-hybridized carbons (Fsp3) is 0. The molecule has 0 radical (unpaired) electrons. The summed E-state index contributed by atoms with van der Waals surface area (Å²) >= 11 is 3.27. The predicted octanol–water partition coefficient (Wildman–Crippen LogP) is 3.41. The summed E-state index contributed by atoms with van der Waals surface area (Å²) in [6.07, 6.45) is 3.09. The van der Waals surface area contributed by atoms with Crippen molar-refractivity contribution in [2.75, 3.05) is 5.32 Å². The van der Waals surface area contributed by atoms with Gasteiger partial charge in [0.2, 0.25) is 0 Å². The molecule has 18 heavy (non-hydrogen) atoms. The van der Waals surface area contributed by atoms with Gasteiger partial charge in [-0.3, -0.25) is 4.79 Å². The van der Waals surface area contributed by atoms with Gasteiger partial charge in [-0.15, -0.1) is 0 Å². The van der Waals surface area contributed by atoms with Gasteiger partial charge < -0.3 is 14.5 Å². The standard InChI is InChI=1S/C13H8BrNO3/c14-8-5-9(17-7-8)6-12-13(16)15-10-3-1-2-4-11(10)18-12/h1-7H,(H,15,16)/b12-6-. The Balaban J connectivity index is 1.96. The number of rotatable bonds is 1. The molecule has 2 heterocycles. The largest absolute Gasteiger partial charge is 0.464 e. The summed E-state index contributed by atoms with van der Waals surface area (Å²) < 4.78 is 11.6. The zero-order valence-electron chi connectivity index (χ0n) is 9.14. The first kappa shape index (κ1) is 11.1. The SMILES string of the molecule is O=C1Nc2ccccc2O/C1=C\c1cc(Br)co1. The molecule has 0 fully saturated rings. The lowest BCUT2D eigenvalue weighted by Crippen LogP contribution is -2.23. The maximum atomic E-state index is 11.8. The van der Waals surface area contributed by atoms with Crippen LogP contribution in [-0.4, -0.2) is 5.91 Å². The normalized spacial score (nSPS) is 16.1. The summed E-state index contributed by atoms with van der Waals surface area (Å²) in [5.74, 6) is 1.08. The van der Waals surface area contributed by atoms with Crippen LogP contribution in [0.1, 0.15) is 5.76 Å². The van der Waals surface area contributed by atoms with Crippen LogP contribution in [0.2, 0.25) is 0 Å². The van der Waals surface area contributed by atoms with Crippen molar-refractivity contribution in [2.45, 2.75) is 0 Å². The van der Waals surface area contributed by atoms with Crippen molar-refractivity contribution >= 4 is 33.6 Å². The second-order valence-electron chi connectivity index (χ2n) is 3.73. The third-order valence-corrected chi connectivity index (χ3v) is 2.86. The van der Waals surface area contributed by atoms with E-state index >= 15 is 0 Å². The second kappa shape index (κ2) is 4.34. The summed E-state index contributed by atoms with van der Waals surface area (Å²) in [7, 11) is 0. The number of carbonyl (C=O) groups is 1. The molecule has 1 aliphatic heterocycles. The molecule has 0 atom stereocenters. The number of benzene rings is 1. The van der Waals surface area contributed by atoms with Crippen LogP contribution in [0.25, 0.3) is 6.08 Å². The summed E-state index contributed by atoms with van der Waals surface area (Å²) in [6.45, 7) is 0. The molecule has 5 heteroatoms. The van der Waals surface area contributed by atoms with Crippen LogP contribution in [0.15, 0.2) is 51.2 Å². The van der Waals surface area contributed by atoms with Gasteiger partial charge in [0.1, 0.15) is 12.0 Å². The maximum Gasteiger partial charge on any atom is 0.291 e. The summed E-state index contributed by atoms with van der Waals surface area (Å²) in [4.78, 5) is 11.8. The van der Waals surface area contributed by atoms with Gasteiger partial charge in [-0.05, 0) is 34.1 Å². The monoisotopic (exact) mass is 305 g/mol. The molecule has 3 rings (SSSR count). The molecule has 90 valence electrons. The number of halogens is 1. The Morgan fingerprint density at radius 1 is 1.28 bits per heavy atom. The second-order valence-corrected chi connectivity index (χ2v) is 4.64. The molecule has 0 saturated carbocycles. The highest BCUT2D eigenvalue weighted by Crippen LogP contribution is 2.31. The molecule has 1 aromatic carbocycles. The van der Waals surface area contributed by atoms with Crippen LogP contribution < -0.4 is 10.1 Å². The molecule has 2 aromatic rings. The molecule has 1 amide bonds. The third kappa shape index (κ3) is 2.04. The quantitative estimate of drug-likeness (QED) is 0.821. The van der Waals surface area contributed by atoms with Crippen molar-refractivity contribution in [1.82, 2.24) is 0 Å². The highest BCUT2D eigenvalue weighted by Gasteiger charge is 2.21. The topological polar surface area (TPSA) is 51.5 Å². The lowest BCUT2D eigenvalue weighted by Gasteiger charge is -2.19. The van der Waals surface area contributed by atoms with Crippen LogP contribution >= 0.6 is 15.9 Å². The number of fused-ring (bicyclic) bond motifs is 1. The fourth-order valence-corrected chi connectivity index (χ4v) is 1.95. The maximum absolute atomic E-state index is 11.8. The number of anilines is 1. The Kier molecular flexibility index (Phi) is 2.68. The van der Waals surface area contributed by atoms with Gasteiger partial charge >= 0.3 is 0 Å². The lowest BCUT2D eigenvalue weighted by atomic mass is 10.2. The zero-order valence-corrected chi connectivity index (χ0v) is 10.7. The Morgan fingerprint density at radius 3 is 2.89 bits per heavy atom. The van der Waals surface area contributed by atoms with Gasteiger partial charge in [0.05, 0.1) is 10.2 Å². The lowest BCUT2D eigenvalue weighted by molar-refractivity contribution is -0.115. The molecular weight excluding hydrogens is 298 g/mol. The Bertz CT molecular complexity index is 645. The number of para-hydroxylation sites is 2. The van der Waals surface area contributed by atoms with Crippen molar-refractivity contribution < 1.29 is 13.9 Å². The van der Waals surface area contributed by atoms with E-state index in [2.05, 4.69) is 21.2 Å². The molecule has 0 bridgehead atoms. The molecule has 0 aliphatic carbocycles. The van der Waals surface area contributed by atoms with Crippen molar-refractivity contribution in [2.24, 2.45) is 0 Å². The summed E-state index contributed by atoms with van der Waals surface area (Å²) in [5, 5.41) is 2.75. The first-order valence-corrected chi connectivity index (χ1v) is 6.05. The number of furan rings is 1. The van der Waals surface area contributed by atoms with E-state index in [-0.39, 0.29) is 11.7 Å². The average Bonchev–Trinajstić information content (AvgIpc) is 2.76. The van der Waals surface area contributed by atoms with Crippen molar-refractivity contribution in [1.29, 1.82) is 0 Å². The molecule has 0 spiro atoms. The summed E-state index contributed by atoms with van der Waals surface area (Å²) in [5.41, 5.74) is 0.667. The molecule has 1 N–H and O–H groups in total. The minimum atomic E-state index is -0.291. The minimum absolute atomic E-state index is 0.204. The van der Waals surface area contributed by atoms with Gasteiger partial charge in [0, 0.05) is 6.08 Å². The number of ether oxygens (including phenoxy) is 1. The predicted molar refractivity (Wildman–Crippen MR) is 70.1 cm³/mol. The molecular formula is C13H8BrNO3. The highest BCUT2D eigenvalue weighted by molar-refractivity contribution is 9.10. The average molecular weight is 306 g/mol. The number of hydrogen-bond acceptors (Lipinski definition) is 3. The first-order valence-electron chi connectivity index (χ1n) is 5.26. The van der Waals surface area contributed by atoms with Crippen LogP contribution in [-0.2, 0) is 4.79 Å². The van der Waals surface area contributed by atoms with E-state index in [9.17, 15) is 4.79 Å². The van der Waals surface area contributed by atoms with Crippen molar-refractivity contribution in [3.05, 3.63) is 52.6 Å². The van der Waals surface area contributed by atoms with Crippen molar-refractivity contribution in [3.63, 3.8) is 0 Å². The van der Waals surface area contributed by atoms with Crippen LogP contribution in [0.4, 0.5) is 5.69 Å². The Labute approximate surface area is 111 Å². The van der Waals surface area contributed by atoms with E-state index in [4.69, 9.17) is 9.15 Å². The molecule has 1 aromatic heterocycles. The van der Waals surface area contributed by atoms with Crippen LogP contribution in [0.3, 0.4) is 0 Å². The molecule has 1 aliphatic rings. The minimum Gasteiger partial charge on any atom is -0.464 e. The van der Waals surface area contributed by atoms with E-state index in [1.54, 1.807) is 30.5 Å². The molecule has 0 unspecified atom stereocenters. The highest BCUT2D eigenvalue weighted by atomic mass is 79.9. The van der Waals surface area contributed by atoms with E-state index in [1.807, 2.05) is 12.1 Å². The van der Waals surface area contributed by atoms with Gasteiger partial charge in [0.15, 0.2) is 11.5 Å². The fourth-order valence-electron chi connectivity index (χ4n) is 1.64. The smallest absolute Gasteiger partial charge is 0.291 e. The van der Waals surface area contributed by atoms with Crippen molar-refractivity contribution in [3.8, 4) is 5.75 Å². The number of amides is 1.